The van der Waals surface area contributed by atoms with Gasteiger partial charge in [-0.25, -0.2) is 12.8 Å². The first-order valence-corrected chi connectivity index (χ1v) is 9.64. The third kappa shape index (κ3) is 5.37. The molecule has 1 amide bonds. The molecule has 158 valence electrons. The molecular formula is C17H15ClF4N2O4S. The predicted molar refractivity (Wildman–Crippen MR) is 97.9 cm³/mol. The van der Waals surface area contributed by atoms with E-state index in [1.54, 1.807) is 0 Å². The molecule has 0 aliphatic carbocycles. The third-order valence-electron chi connectivity index (χ3n) is 3.74. The van der Waals surface area contributed by atoms with Gasteiger partial charge < -0.3 is 10.1 Å². The standard InChI is InChI=1S/C17H15ClF4N2O4S/c1-24(29(26,27)15-7-10(18)3-6-14(15)28-2)9-16(25)23-11-4-5-13(19)12(8-11)17(20,21)22/h3-8H,9H2,1-2H3,(H,23,25). The number of anilines is 1. The zero-order valence-electron chi connectivity index (χ0n) is 15.0. The zero-order chi connectivity index (χ0) is 22.0. The zero-order valence-corrected chi connectivity index (χ0v) is 16.6. The average Bonchev–Trinajstić information content (AvgIpc) is 2.62. The molecule has 2 aromatic carbocycles. The second-order valence-corrected chi connectivity index (χ2v) is 8.25. The molecule has 0 spiro atoms. The minimum absolute atomic E-state index is 0.00462. The van der Waals surface area contributed by atoms with E-state index in [2.05, 4.69) is 5.32 Å². The molecule has 0 aromatic heterocycles. The minimum atomic E-state index is -4.95. The summed E-state index contributed by atoms with van der Waals surface area (Å²) in [5, 5.41) is 2.23. The number of methoxy groups -OCH3 is 1. The van der Waals surface area contributed by atoms with Crippen molar-refractivity contribution in [1.82, 2.24) is 4.31 Å². The van der Waals surface area contributed by atoms with Crippen molar-refractivity contribution in [3.63, 3.8) is 0 Å². The highest BCUT2D eigenvalue weighted by Gasteiger charge is 2.34. The van der Waals surface area contributed by atoms with Crippen LogP contribution in [-0.4, -0.2) is 39.3 Å². The van der Waals surface area contributed by atoms with Crippen LogP contribution in [0.15, 0.2) is 41.3 Å². The van der Waals surface area contributed by atoms with Crippen molar-refractivity contribution in [2.24, 2.45) is 0 Å². The fourth-order valence-electron chi connectivity index (χ4n) is 2.33. The van der Waals surface area contributed by atoms with Gasteiger partial charge in [-0.1, -0.05) is 11.6 Å². The molecule has 0 heterocycles. The van der Waals surface area contributed by atoms with E-state index in [-0.39, 0.29) is 21.4 Å². The molecule has 0 atom stereocenters. The van der Waals surface area contributed by atoms with Crippen molar-refractivity contribution < 1.29 is 35.5 Å². The molecule has 0 saturated carbocycles. The summed E-state index contributed by atoms with van der Waals surface area (Å²) in [7, 11) is -1.86. The fourth-order valence-corrected chi connectivity index (χ4v) is 3.87. The van der Waals surface area contributed by atoms with Gasteiger partial charge >= 0.3 is 6.18 Å². The predicted octanol–water partition coefficient (Wildman–Crippen LogP) is 3.77. The van der Waals surface area contributed by atoms with Gasteiger partial charge in [-0.3, -0.25) is 4.79 Å². The number of nitrogens with one attached hydrogen (secondary N) is 1. The number of halogens is 5. The quantitative estimate of drug-likeness (QED) is 0.674. The normalized spacial score (nSPS) is 12.1. The molecule has 0 radical (unpaired) electrons. The molecule has 1 N–H and O–H groups in total. The van der Waals surface area contributed by atoms with Gasteiger partial charge in [-0.15, -0.1) is 0 Å². The maximum atomic E-state index is 13.3. The Labute approximate surface area is 169 Å². The van der Waals surface area contributed by atoms with Crippen molar-refractivity contribution in [1.29, 1.82) is 0 Å². The first-order valence-electron chi connectivity index (χ1n) is 7.82. The van der Waals surface area contributed by atoms with Crippen molar-refractivity contribution in [2.45, 2.75) is 11.1 Å². The third-order valence-corrected chi connectivity index (χ3v) is 5.80. The largest absolute Gasteiger partial charge is 0.495 e. The molecule has 0 unspecified atom stereocenters. The number of carbonyl (C=O) groups is 1. The van der Waals surface area contributed by atoms with Gasteiger partial charge in [0.05, 0.1) is 19.2 Å². The summed E-state index contributed by atoms with van der Waals surface area (Å²) in [6.07, 6.45) is -4.95. The second kappa shape index (κ2) is 8.56. The summed E-state index contributed by atoms with van der Waals surface area (Å²) in [5.41, 5.74) is -1.89. The smallest absolute Gasteiger partial charge is 0.419 e. The van der Waals surface area contributed by atoms with Gasteiger partial charge in [0.15, 0.2) is 0 Å². The maximum absolute atomic E-state index is 13.3. The van der Waals surface area contributed by atoms with Gasteiger partial charge in [0.2, 0.25) is 15.9 Å². The van der Waals surface area contributed by atoms with Crippen molar-refractivity contribution in [3.05, 3.63) is 52.8 Å². The molecule has 0 saturated heterocycles. The van der Waals surface area contributed by atoms with Crippen LogP contribution in [0.5, 0.6) is 5.75 Å². The minimum Gasteiger partial charge on any atom is -0.495 e. The van der Waals surface area contributed by atoms with Gasteiger partial charge in [0.25, 0.3) is 0 Å². The number of ether oxygens (including phenoxy) is 1. The Morgan fingerprint density at radius 3 is 2.45 bits per heavy atom. The first-order chi connectivity index (χ1) is 13.4. The highest BCUT2D eigenvalue weighted by Crippen LogP contribution is 2.33. The Morgan fingerprint density at radius 2 is 1.86 bits per heavy atom. The lowest BCUT2D eigenvalue weighted by atomic mass is 10.2. The average molecular weight is 455 g/mol. The molecule has 0 fully saturated rings. The van der Waals surface area contributed by atoms with E-state index < -0.39 is 40.0 Å². The molecule has 29 heavy (non-hydrogen) atoms. The monoisotopic (exact) mass is 454 g/mol. The highest BCUT2D eigenvalue weighted by molar-refractivity contribution is 7.89. The Bertz CT molecular complexity index is 1030. The molecule has 2 aromatic rings. The van der Waals surface area contributed by atoms with Gasteiger partial charge in [0, 0.05) is 17.8 Å². The van der Waals surface area contributed by atoms with Crippen LogP contribution in [0.3, 0.4) is 0 Å². The Morgan fingerprint density at radius 1 is 1.21 bits per heavy atom. The van der Waals surface area contributed by atoms with Crippen LogP contribution >= 0.6 is 11.6 Å². The van der Waals surface area contributed by atoms with Crippen LogP contribution in [0.2, 0.25) is 5.02 Å². The molecule has 0 aliphatic heterocycles. The van der Waals surface area contributed by atoms with Crippen LogP contribution in [0.25, 0.3) is 0 Å². The number of rotatable bonds is 6. The van der Waals surface area contributed by atoms with Crippen LogP contribution < -0.4 is 10.1 Å². The van der Waals surface area contributed by atoms with E-state index in [4.69, 9.17) is 16.3 Å². The van der Waals surface area contributed by atoms with Crippen LogP contribution in [-0.2, 0) is 21.0 Å². The number of carbonyl (C=O) groups excluding carboxylic acids is 1. The molecular weight excluding hydrogens is 440 g/mol. The van der Waals surface area contributed by atoms with E-state index in [0.717, 1.165) is 19.2 Å². The highest BCUT2D eigenvalue weighted by atomic mass is 35.5. The first kappa shape index (κ1) is 22.9. The van der Waals surface area contributed by atoms with Crippen LogP contribution in [0.4, 0.5) is 23.2 Å². The summed E-state index contributed by atoms with van der Waals surface area (Å²) >= 11 is 5.82. The fraction of sp³-hybridized carbons (Fsp3) is 0.235. The lowest BCUT2D eigenvalue weighted by Crippen LogP contribution is -2.35. The summed E-state index contributed by atoms with van der Waals surface area (Å²) < 4.78 is 82.6. The SMILES string of the molecule is COc1ccc(Cl)cc1S(=O)(=O)N(C)CC(=O)Nc1ccc(F)c(C(F)(F)F)c1. The van der Waals surface area contributed by atoms with Gasteiger partial charge in [-0.2, -0.15) is 17.5 Å². The van der Waals surface area contributed by atoms with E-state index in [1.807, 2.05) is 0 Å². The molecule has 6 nitrogen and oxygen atoms in total. The molecule has 12 heteroatoms. The van der Waals surface area contributed by atoms with Crippen molar-refractivity contribution in [3.8, 4) is 5.75 Å². The summed E-state index contributed by atoms with van der Waals surface area (Å²) in [5.74, 6) is -2.44. The summed E-state index contributed by atoms with van der Waals surface area (Å²) in [4.78, 5) is 11.8. The van der Waals surface area contributed by atoms with Crippen molar-refractivity contribution >= 4 is 33.2 Å². The Hall–Kier alpha value is -2.37. The number of sulfonamides is 1. The lowest BCUT2D eigenvalue weighted by Gasteiger charge is -2.19. The second-order valence-electron chi connectivity index (χ2n) is 5.80. The number of benzene rings is 2. The number of amides is 1. The van der Waals surface area contributed by atoms with E-state index >= 15 is 0 Å². The number of hydrogen-bond acceptors (Lipinski definition) is 4. The number of likely N-dealkylation sites (N-methyl/N-ethyl adjacent to an activating group) is 1. The van der Waals surface area contributed by atoms with E-state index in [1.165, 1.54) is 19.2 Å². The summed E-state index contributed by atoms with van der Waals surface area (Å²) in [6, 6.07) is 5.79. The Balaban J connectivity index is 2.20. The maximum Gasteiger partial charge on any atom is 0.419 e. The van der Waals surface area contributed by atoms with E-state index in [9.17, 15) is 30.8 Å². The Kier molecular flexibility index (Phi) is 6.76. The number of alkyl halides is 3. The van der Waals surface area contributed by atoms with Crippen LogP contribution in [0, 0.1) is 5.82 Å². The van der Waals surface area contributed by atoms with Gasteiger partial charge in [0.1, 0.15) is 16.5 Å². The lowest BCUT2D eigenvalue weighted by molar-refractivity contribution is -0.140. The molecule has 0 bridgehead atoms. The number of nitrogens with zero attached hydrogens (tertiary/aromatic N) is 1. The van der Waals surface area contributed by atoms with Crippen LogP contribution in [0.1, 0.15) is 5.56 Å². The van der Waals surface area contributed by atoms with Gasteiger partial charge in [-0.05, 0) is 36.4 Å². The number of hydrogen-bond donors (Lipinski definition) is 1. The van der Waals surface area contributed by atoms with Crippen molar-refractivity contribution in [2.75, 3.05) is 26.0 Å². The molecule has 0 aliphatic rings. The topological polar surface area (TPSA) is 75.7 Å². The van der Waals surface area contributed by atoms with E-state index in [0.29, 0.717) is 16.4 Å². The summed E-state index contributed by atoms with van der Waals surface area (Å²) in [6.45, 7) is -0.725. The molecule has 2 rings (SSSR count).